The normalized spacial score (nSPS) is 13.0. The lowest BCUT2D eigenvalue weighted by Crippen LogP contribution is -2.45. The van der Waals surface area contributed by atoms with Crippen LogP contribution in [0.4, 0.5) is 0 Å². The molecule has 4 heteroatoms. The molecule has 0 saturated heterocycles. The van der Waals surface area contributed by atoms with Crippen LogP contribution in [0.3, 0.4) is 0 Å². The number of carbonyl (C=O) groups is 1. The van der Waals surface area contributed by atoms with Crippen molar-refractivity contribution in [2.24, 2.45) is 0 Å². The highest BCUT2D eigenvalue weighted by Crippen LogP contribution is 2.16. The van der Waals surface area contributed by atoms with Gasteiger partial charge < -0.3 is 15.5 Å². The van der Waals surface area contributed by atoms with Crippen molar-refractivity contribution < 1.29 is 15.0 Å². The van der Waals surface area contributed by atoms with E-state index in [9.17, 15) is 15.0 Å². The van der Waals surface area contributed by atoms with Gasteiger partial charge in [0.1, 0.15) is 0 Å². The Balaban J connectivity index is 3.50. The summed E-state index contributed by atoms with van der Waals surface area (Å²) in [4.78, 5) is 12.4. The van der Waals surface area contributed by atoms with Crippen molar-refractivity contribution in [3.05, 3.63) is 12.2 Å². The zero-order chi connectivity index (χ0) is 35.0. The summed E-state index contributed by atoms with van der Waals surface area (Å²) in [6.07, 6.45) is 50.0. The predicted molar refractivity (Wildman–Crippen MR) is 212 cm³/mol. The molecule has 0 radical (unpaired) electrons. The molecule has 1 amide bonds. The number of rotatable bonds is 40. The smallest absolute Gasteiger partial charge is 0.220 e. The van der Waals surface area contributed by atoms with E-state index in [1.54, 1.807) is 0 Å². The van der Waals surface area contributed by atoms with Gasteiger partial charge in [-0.05, 0) is 38.5 Å². The van der Waals surface area contributed by atoms with Gasteiger partial charge in [0.25, 0.3) is 0 Å². The maximum absolute atomic E-state index is 12.4. The maximum Gasteiger partial charge on any atom is 0.220 e. The molecule has 0 heterocycles. The molecule has 2 atom stereocenters. The van der Waals surface area contributed by atoms with Crippen molar-refractivity contribution >= 4 is 5.91 Å². The van der Waals surface area contributed by atoms with Crippen LogP contribution in [-0.2, 0) is 4.79 Å². The van der Waals surface area contributed by atoms with Crippen LogP contribution < -0.4 is 5.32 Å². The molecule has 0 fully saturated rings. The number of carbonyl (C=O) groups excluding carboxylic acids is 1. The van der Waals surface area contributed by atoms with E-state index in [-0.39, 0.29) is 12.5 Å². The fourth-order valence-electron chi connectivity index (χ4n) is 6.89. The Labute approximate surface area is 301 Å². The molecule has 0 aliphatic rings. The highest BCUT2D eigenvalue weighted by molar-refractivity contribution is 5.76. The fraction of sp³-hybridized carbons (Fsp3) is 0.932. The molecule has 0 saturated carbocycles. The van der Waals surface area contributed by atoms with E-state index in [0.717, 1.165) is 25.7 Å². The van der Waals surface area contributed by atoms with E-state index < -0.39 is 12.1 Å². The van der Waals surface area contributed by atoms with Crippen LogP contribution in [0, 0.1) is 0 Å². The number of hydrogen-bond acceptors (Lipinski definition) is 3. The first-order chi connectivity index (χ1) is 23.7. The number of aliphatic hydroxyl groups is 2. The van der Waals surface area contributed by atoms with Gasteiger partial charge in [0.05, 0.1) is 18.8 Å². The Morgan fingerprint density at radius 3 is 1.15 bits per heavy atom. The zero-order valence-corrected chi connectivity index (χ0v) is 32.8. The van der Waals surface area contributed by atoms with Crippen LogP contribution in [-0.4, -0.2) is 34.9 Å². The van der Waals surface area contributed by atoms with Gasteiger partial charge >= 0.3 is 0 Å². The van der Waals surface area contributed by atoms with Crippen LogP contribution in [0.5, 0.6) is 0 Å². The van der Waals surface area contributed by atoms with Crippen LogP contribution in [0.15, 0.2) is 12.2 Å². The lowest BCUT2D eigenvalue weighted by atomic mass is 10.0. The van der Waals surface area contributed by atoms with Gasteiger partial charge in [-0.2, -0.15) is 0 Å². The summed E-state index contributed by atoms with van der Waals surface area (Å²) in [6.45, 7) is 4.37. The van der Waals surface area contributed by atoms with Gasteiger partial charge in [0.2, 0.25) is 5.91 Å². The van der Waals surface area contributed by atoms with E-state index >= 15 is 0 Å². The van der Waals surface area contributed by atoms with Crippen molar-refractivity contribution in [2.75, 3.05) is 6.61 Å². The van der Waals surface area contributed by atoms with Crippen molar-refractivity contribution in [3.8, 4) is 0 Å². The Bertz CT molecular complexity index is 651. The molecular formula is C44H87NO3. The summed E-state index contributed by atoms with van der Waals surface area (Å²) in [6, 6.07) is -0.534. The number of hydrogen-bond donors (Lipinski definition) is 3. The van der Waals surface area contributed by atoms with Crippen LogP contribution in [0.1, 0.15) is 245 Å². The molecule has 48 heavy (non-hydrogen) atoms. The summed E-state index contributed by atoms with van der Waals surface area (Å²) in [5.74, 6) is -0.0333. The summed E-state index contributed by atoms with van der Waals surface area (Å²) in [5, 5.41) is 23.2. The van der Waals surface area contributed by atoms with Crippen LogP contribution >= 0.6 is 0 Å². The van der Waals surface area contributed by atoms with Gasteiger partial charge in [-0.15, -0.1) is 0 Å². The van der Waals surface area contributed by atoms with Crippen molar-refractivity contribution in [1.29, 1.82) is 0 Å². The van der Waals surface area contributed by atoms with E-state index in [4.69, 9.17) is 0 Å². The molecule has 0 aromatic rings. The van der Waals surface area contributed by atoms with Gasteiger partial charge in [-0.3, -0.25) is 4.79 Å². The molecule has 0 aliphatic carbocycles. The van der Waals surface area contributed by atoms with E-state index in [2.05, 4.69) is 31.3 Å². The molecule has 4 nitrogen and oxygen atoms in total. The number of unbranched alkanes of at least 4 members (excludes halogenated alkanes) is 31. The van der Waals surface area contributed by atoms with Crippen LogP contribution in [0.2, 0.25) is 0 Å². The molecular weight excluding hydrogens is 590 g/mol. The molecule has 0 rings (SSSR count). The molecule has 3 N–H and O–H groups in total. The van der Waals surface area contributed by atoms with Crippen molar-refractivity contribution in [3.63, 3.8) is 0 Å². The average Bonchev–Trinajstić information content (AvgIpc) is 3.09. The van der Waals surface area contributed by atoms with Crippen LogP contribution in [0.25, 0.3) is 0 Å². The number of allylic oxidation sites excluding steroid dienone is 2. The quantitative estimate of drug-likeness (QED) is 0.0446. The Kier molecular flexibility index (Phi) is 39.8. The lowest BCUT2D eigenvalue weighted by molar-refractivity contribution is -0.123. The number of amides is 1. The van der Waals surface area contributed by atoms with E-state index in [0.29, 0.717) is 12.8 Å². The second-order valence-corrected chi connectivity index (χ2v) is 15.1. The third-order valence-electron chi connectivity index (χ3n) is 10.3. The van der Waals surface area contributed by atoms with E-state index in [1.807, 2.05) is 0 Å². The van der Waals surface area contributed by atoms with Crippen molar-refractivity contribution in [1.82, 2.24) is 5.32 Å². The first-order valence-electron chi connectivity index (χ1n) is 21.9. The van der Waals surface area contributed by atoms with Gasteiger partial charge in [0, 0.05) is 6.42 Å². The minimum atomic E-state index is -0.657. The lowest BCUT2D eigenvalue weighted by Gasteiger charge is -2.22. The zero-order valence-electron chi connectivity index (χ0n) is 32.8. The summed E-state index contributed by atoms with van der Waals surface area (Å²) in [7, 11) is 0. The number of nitrogens with one attached hydrogen (secondary N) is 1. The Morgan fingerprint density at radius 1 is 0.479 bits per heavy atom. The molecule has 0 bridgehead atoms. The molecule has 0 aromatic carbocycles. The highest BCUT2D eigenvalue weighted by atomic mass is 16.3. The second kappa shape index (κ2) is 40.6. The van der Waals surface area contributed by atoms with Gasteiger partial charge in [-0.1, -0.05) is 212 Å². The second-order valence-electron chi connectivity index (χ2n) is 15.1. The first-order valence-corrected chi connectivity index (χ1v) is 21.9. The average molecular weight is 678 g/mol. The third kappa shape index (κ3) is 36.4. The molecule has 2 unspecified atom stereocenters. The minimum absolute atomic E-state index is 0.0333. The largest absolute Gasteiger partial charge is 0.394 e. The molecule has 0 aliphatic heterocycles. The van der Waals surface area contributed by atoms with Gasteiger partial charge in [-0.25, -0.2) is 0 Å². The monoisotopic (exact) mass is 678 g/mol. The first kappa shape index (κ1) is 47.1. The topological polar surface area (TPSA) is 69.6 Å². The Hall–Kier alpha value is -0.870. The highest BCUT2D eigenvalue weighted by Gasteiger charge is 2.20. The summed E-state index contributed by atoms with van der Waals surface area (Å²) >= 11 is 0. The molecule has 0 aromatic heterocycles. The fourth-order valence-corrected chi connectivity index (χ4v) is 6.89. The standard InChI is InChI=1S/C44H87NO3/c1-3-5-7-9-11-13-15-17-19-21-22-24-25-27-29-31-33-35-37-39-43(47)42(41-46)45-44(48)40-38-36-34-32-30-28-26-23-20-18-16-14-12-10-8-6-4-2/h18,20,42-43,46-47H,3-17,19,21-41H2,1-2H3,(H,45,48)/b20-18-. The molecule has 0 spiro atoms. The number of aliphatic hydroxyl groups excluding tert-OH is 2. The predicted octanol–water partition coefficient (Wildman–Crippen LogP) is 13.5. The SMILES string of the molecule is CCCCCCCC/C=C\CCCCCCCCCC(=O)NC(CO)C(O)CCCCCCCCCCCCCCCCCCCCC. The minimum Gasteiger partial charge on any atom is -0.394 e. The maximum atomic E-state index is 12.4. The summed E-state index contributed by atoms with van der Waals surface area (Å²) < 4.78 is 0. The summed E-state index contributed by atoms with van der Waals surface area (Å²) in [5.41, 5.74) is 0. The van der Waals surface area contributed by atoms with Crippen molar-refractivity contribution in [2.45, 2.75) is 257 Å². The van der Waals surface area contributed by atoms with E-state index in [1.165, 1.54) is 193 Å². The third-order valence-corrected chi connectivity index (χ3v) is 10.3. The molecule has 286 valence electrons. The van der Waals surface area contributed by atoms with Gasteiger partial charge in [0.15, 0.2) is 0 Å². The Morgan fingerprint density at radius 2 is 0.792 bits per heavy atom.